The van der Waals surface area contributed by atoms with E-state index < -0.39 is 17.7 Å². The Hall–Kier alpha value is -3.41. The number of Topliss-reactive ketones (excluding diaryl/α,β-unsaturated/α-hetero) is 1. The molecule has 0 amide bonds. The van der Waals surface area contributed by atoms with Crippen LogP contribution in [0.2, 0.25) is 0 Å². The molecular weight excluding hydrogens is 384 g/mol. The lowest BCUT2D eigenvalue weighted by molar-refractivity contribution is -0.148. The molecule has 0 bridgehead atoms. The highest BCUT2D eigenvalue weighted by atomic mass is 16.6. The SMILES string of the molecule is Cc1cc(=O)oc2cc(OCC(=O)OC(C)C(=O)c3ccc4c(c3)CCC4)ccc12. The minimum atomic E-state index is -0.905. The quantitative estimate of drug-likeness (QED) is 0.352. The Kier molecular flexibility index (Phi) is 5.40. The van der Waals surface area contributed by atoms with Gasteiger partial charge in [0.15, 0.2) is 12.7 Å². The molecule has 0 saturated carbocycles. The molecule has 154 valence electrons. The van der Waals surface area contributed by atoms with Crippen molar-refractivity contribution in [1.29, 1.82) is 0 Å². The van der Waals surface area contributed by atoms with Gasteiger partial charge in [0.1, 0.15) is 11.3 Å². The molecule has 30 heavy (non-hydrogen) atoms. The van der Waals surface area contributed by atoms with E-state index in [1.807, 2.05) is 19.1 Å². The van der Waals surface area contributed by atoms with Crippen molar-refractivity contribution < 1.29 is 23.5 Å². The molecule has 1 unspecified atom stereocenters. The van der Waals surface area contributed by atoms with Crippen LogP contribution in [0, 0.1) is 6.92 Å². The predicted molar refractivity (Wildman–Crippen MR) is 111 cm³/mol. The fourth-order valence-corrected chi connectivity index (χ4v) is 3.78. The summed E-state index contributed by atoms with van der Waals surface area (Å²) in [4.78, 5) is 36.3. The second kappa shape index (κ2) is 8.14. The van der Waals surface area contributed by atoms with E-state index in [9.17, 15) is 14.4 Å². The van der Waals surface area contributed by atoms with Crippen LogP contribution in [0.4, 0.5) is 0 Å². The third kappa shape index (κ3) is 4.13. The monoisotopic (exact) mass is 406 g/mol. The van der Waals surface area contributed by atoms with E-state index in [2.05, 4.69) is 0 Å². The molecule has 4 rings (SSSR count). The van der Waals surface area contributed by atoms with Gasteiger partial charge in [-0.2, -0.15) is 0 Å². The zero-order valence-electron chi connectivity index (χ0n) is 16.9. The maximum Gasteiger partial charge on any atom is 0.344 e. The van der Waals surface area contributed by atoms with Crippen LogP contribution in [0.5, 0.6) is 5.75 Å². The van der Waals surface area contributed by atoms with Gasteiger partial charge < -0.3 is 13.9 Å². The summed E-state index contributed by atoms with van der Waals surface area (Å²) in [5.41, 5.74) is 3.76. The first-order valence-electron chi connectivity index (χ1n) is 9.93. The summed E-state index contributed by atoms with van der Waals surface area (Å²) in [5.74, 6) is -0.519. The fourth-order valence-electron chi connectivity index (χ4n) is 3.78. The van der Waals surface area contributed by atoms with E-state index in [-0.39, 0.29) is 12.4 Å². The van der Waals surface area contributed by atoms with Crippen LogP contribution in [0.25, 0.3) is 11.0 Å². The van der Waals surface area contributed by atoms with Crippen molar-refractivity contribution in [2.45, 2.75) is 39.2 Å². The van der Waals surface area contributed by atoms with Crippen molar-refractivity contribution in [2.75, 3.05) is 6.61 Å². The van der Waals surface area contributed by atoms with Gasteiger partial charge in [-0.1, -0.05) is 12.1 Å². The smallest absolute Gasteiger partial charge is 0.344 e. The average Bonchev–Trinajstić information content (AvgIpc) is 3.19. The molecular formula is C24H22O6. The summed E-state index contributed by atoms with van der Waals surface area (Å²) < 4.78 is 15.9. The lowest BCUT2D eigenvalue weighted by Gasteiger charge is -2.14. The van der Waals surface area contributed by atoms with E-state index in [4.69, 9.17) is 13.9 Å². The number of ketones is 1. The first-order chi connectivity index (χ1) is 14.4. The van der Waals surface area contributed by atoms with Crippen molar-refractivity contribution >= 4 is 22.7 Å². The molecule has 0 N–H and O–H groups in total. The van der Waals surface area contributed by atoms with Crippen LogP contribution in [-0.2, 0) is 22.4 Å². The second-order valence-corrected chi connectivity index (χ2v) is 7.53. The van der Waals surface area contributed by atoms with Gasteiger partial charge in [-0.3, -0.25) is 4.79 Å². The molecule has 1 atom stereocenters. The Morgan fingerprint density at radius 1 is 1.07 bits per heavy atom. The molecule has 2 aromatic carbocycles. The van der Waals surface area contributed by atoms with Gasteiger partial charge in [0.2, 0.25) is 5.78 Å². The number of rotatable bonds is 6. The van der Waals surface area contributed by atoms with E-state index in [0.717, 1.165) is 30.2 Å². The Balaban J connectivity index is 1.37. The van der Waals surface area contributed by atoms with Gasteiger partial charge >= 0.3 is 11.6 Å². The molecule has 0 spiro atoms. The fraction of sp³-hybridized carbons (Fsp3) is 0.292. The van der Waals surface area contributed by atoms with Gasteiger partial charge in [-0.15, -0.1) is 0 Å². The lowest BCUT2D eigenvalue weighted by Crippen LogP contribution is -2.27. The molecule has 0 fully saturated rings. The third-order valence-electron chi connectivity index (χ3n) is 5.34. The summed E-state index contributed by atoms with van der Waals surface area (Å²) in [5, 5.41) is 0.790. The number of benzene rings is 2. The predicted octanol–water partition coefficient (Wildman–Crippen LogP) is 3.78. The van der Waals surface area contributed by atoms with Crippen LogP contribution in [0.3, 0.4) is 0 Å². The number of esters is 1. The van der Waals surface area contributed by atoms with E-state index in [1.54, 1.807) is 31.2 Å². The first-order valence-corrected chi connectivity index (χ1v) is 9.93. The lowest BCUT2D eigenvalue weighted by atomic mass is 10.0. The molecule has 1 aliphatic carbocycles. The van der Waals surface area contributed by atoms with E-state index in [1.165, 1.54) is 17.2 Å². The molecule has 6 heteroatoms. The highest BCUT2D eigenvalue weighted by Crippen LogP contribution is 2.24. The van der Waals surface area contributed by atoms with Crippen LogP contribution >= 0.6 is 0 Å². The third-order valence-corrected chi connectivity index (χ3v) is 5.34. The number of carbonyl (C=O) groups excluding carboxylic acids is 2. The molecule has 0 aliphatic heterocycles. The second-order valence-electron chi connectivity index (χ2n) is 7.53. The van der Waals surface area contributed by atoms with Crippen molar-refractivity contribution in [3.05, 3.63) is 75.1 Å². The number of hydrogen-bond donors (Lipinski definition) is 0. The molecule has 0 saturated heterocycles. The van der Waals surface area contributed by atoms with Crippen LogP contribution in [0.1, 0.15) is 40.4 Å². The Morgan fingerprint density at radius 3 is 2.70 bits per heavy atom. The summed E-state index contributed by atoms with van der Waals surface area (Å²) in [7, 11) is 0. The minimum Gasteiger partial charge on any atom is -0.482 e. The van der Waals surface area contributed by atoms with Crippen LogP contribution < -0.4 is 10.4 Å². The molecule has 6 nitrogen and oxygen atoms in total. The summed E-state index contributed by atoms with van der Waals surface area (Å²) in [6.45, 7) is 3.01. The molecule has 0 radical (unpaired) electrons. The van der Waals surface area contributed by atoms with Gasteiger partial charge in [0.25, 0.3) is 0 Å². The Morgan fingerprint density at radius 2 is 1.87 bits per heavy atom. The largest absolute Gasteiger partial charge is 0.482 e. The van der Waals surface area contributed by atoms with E-state index >= 15 is 0 Å². The number of ether oxygens (including phenoxy) is 2. The summed E-state index contributed by atoms with van der Waals surface area (Å²) >= 11 is 0. The standard InChI is InChI=1S/C24H22O6/c1-14-10-22(25)30-21-12-19(8-9-20(14)21)28-13-23(26)29-15(2)24(27)18-7-6-16-4-3-5-17(16)11-18/h6-12,15H,3-5,13H2,1-2H3. The van der Waals surface area contributed by atoms with Crippen molar-refractivity contribution in [3.8, 4) is 5.75 Å². The normalized spacial score (nSPS) is 13.7. The zero-order valence-corrected chi connectivity index (χ0v) is 16.9. The van der Waals surface area contributed by atoms with Gasteiger partial charge in [0.05, 0.1) is 0 Å². The highest BCUT2D eigenvalue weighted by molar-refractivity contribution is 6.00. The van der Waals surface area contributed by atoms with E-state index in [0.29, 0.717) is 16.9 Å². The first kappa shape index (κ1) is 19.9. The molecule has 1 aliphatic rings. The maximum atomic E-state index is 12.6. The van der Waals surface area contributed by atoms with Crippen molar-refractivity contribution in [1.82, 2.24) is 0 Å². The topological polar surface area (TPSA) is 82.8 Å². The average molecular weight is 406 g/mol. The van der Waals surface area contributed by atoms with Crippen molar-refractivity contribution in [3.63, 3.8) is 0 Å². The zero-order chi connectivity index (χ0) is 21.3. The molecule has 1 heterocycles. The van der Waals surface area contributed by atoms with Gasteiger partial charge in [0, 0.05) is 23.1 Å². The number of hydrogen-bond acceptors (Lipinski definition) is 6. The summed E-state index contributed by atoms with van der Waals surface area (Å²) in [6, 6.07) is 12.1. The number of carbonyl (C=O) groups is 2. The summed E-state index contributed by atoms with van der Waals surface area (Å²) in [6.07, 6.45) is 2.22. The van der Waals surface area contributed by atoms with Gasteiger partial charge in [-0.25, -0.2) is 9.59 Å². The van der Waals surface area contributed by atoms with Crippen LogP contribution in [0.15, 0.2) is 51.7 Å². The Bertz CT molecular complexity index is 1190. The molecule has 1 aromatic heterocycles. The van der Waals surface area contributed by atoms with Crippen molar-refractivity contribution in [2.24, 2.45) is 0 Å². The van der Waals surface area contributed by atoms with Gasteiger partial charge in [-0.05, 0) is 68.0 Å². The molecule has 3 aromatic rings. The van der Waals surface area contributed by atoms with Crippen LogP contribution in [-0.4, -0.2) is 24.5 Å². The Labute approximate surface area is 173 Å². The highest BCUT2D eigenvalue weighted by Gasteiger charge is 2.22. The maximum absolute atomic E-state index is 12.6. The minimum absolute atomic E-state index is 0.235. The number of fused-ring (bicyclic) bond motifs is 2. The number of aryl methyl sites for hydroxylation is 3.